The van der Waals surface area contributed by atoms with Crippen molar-refractivity contribution in [2.45, 2.75) is 19.4 Å². The first-order valence-electron chi connectivity index (χ1n) is 4.94. The Morgan fingerprint density at radius 3 is 2.80 bits per heavy atom. The lowest BCUT2D eigenvalue weighted by Crippen LogP contribution is -2.05. The van der Waals surface area contributed by atoms with E-state index in [2.05, 4.69) is 15.9 Å². The Hall–Kier alpha value is -0.580. The minimum absolute atomic E-state index is 0.0211. The van der Waals surface area contributed by atoms with Gasteiger partial charge >= 0.3 is 0 Å². The lowest BCUT2D eigenvalue weighted by molar-refractivity contribution is 0.233. The normalized spacial score (nSPS) is 12.5. The van der Waals surface area contributed by atoms with Crippen LogP contribution in [-0.4, -0.2) is 18.3 Å². The molecule has 0 fully saturated rings. The zero-order chi connectivity index (χ0) is 11.3. The summed E-state index contributed by atoms with van der Waals surface area (Å²) in [5, 5.41) is 8.62. The van der Waals surface area contributed by atoms with Crippen molar-refractivity contribution in [3.8, 4) is 5.75 Å². The summed E-state index contributed by atoms with van der Waals surface area (Å²) in [6.45, 7) is 2.61. The van der Waals surface area contributed by atoms with Crippen LogP contribution in [0.2, 0.25) is 0 Å². The number of halogens is 1. The average Bonchev–Trinajstić information content (AvgIpc) is 2.20. The van der Waals surface area contributed by atoms with Gasteiger partial charge in [0.1, 0.15) is 5.75 Å². The van der Waals surface area contributed by atoms with Gasteiger partial charge in [-0.15, -0.1) is 0 Å². The summed E-state index contributed by atoms with van der Waals surface area (Å²) in [7, 11) is 0. The minimum Gasteiger partial charge on any atom is -0.492 e. The van der Waals surface area contributed by atoms with Crippen LogP contribution >= 0.6 is 15.9 Å². The maximum Gasteiger partial charge on any atom is 0.133 e. The van der Waals surface area contributed by atoms with Crippen molar-refractivity contribution in [3.63, 3.8) is 0 Å². The molecule has 0 saturated heterocycles. The Bertz CT molecular complexity index is 315. The highest BCUT2D eigenvalue weighted by atomic mass is 79.9. The third kappa shape index (κ3) is 3.81. The number of aliphatic hydroxyl groups is 1. The van der Waals surface area contributed by atoms with Crippen molar-refractivity contribution in [3.05, 3.63) is 28.2 Å². The van der Waals surface area contributed by atoms with E-state index in [9.17, 15) is 0 Å². The van der Waals surface area contributed by atoms with Gasteiger partial charge in [-0.3, -0.25) is 0 Å². The number of benzene rings is 1. The highest BCUT2D eigenvalue weighted by Crippen LogP contribution is 2.27. The first kappa shape index (κ1) is 12.5. The van der Waals surface area contributed by atoms with E-state index in [1.807, 2.05) is 25.1 Å². The van der Waals surface area contributed by atoms with Gasteiger partial charge in [-0.25, -0.2) is 0 Å². The molecule has 1 atom stereocenters. The van der Waals surface area contributed by atoms with E-state index in [4.69, 9.17) is 15.6 Å². The molecule has 0 saturated carbocycles. The Morgan fingerprint density at radius 2 is 2.27 bits per heavy atom. The van der Waals surface area contributed by atoms with Gasteiger partial charge in [0, 0.05) is 19.1 Å². The largest absolute Gasteiger partial charge is 0.492 e. The second-order valence-corrected chi connectivity index (χ2v) is 4.26. The Balaban J connectivity index is 2.66. The van der Waals surface area contributed by atoms with Gasteiger partial charge in [0.2, 0.25) is 0 Å². The Labute approximate surface area is 98.4 Å². The molecule has 0 heterocycles. The van der Waals surface area contributed by atoms with Gasteiger partial charge < -0.3 is 15.6 Å². The fraction of sp³-hybridized carbons (Fsp3) is 0.455. The number of rotatable bonds is 5. The van der Waals surface area contributed by atoms with Gasteiger partial charge in [-0.2, -0.15) is 0 Å². The smallest absolute Gasteiger partial charge is 0.133 e. The monoisotopic (exact) mass is 273 g/mol. The highest BCUT2D eigenvalue weighted by Gasteiger charge is 2.05. The summed E-state index contributed by atoms with van der Waals surface area (Å²) >= 11 is 3.42. The summed E-state index contributed by atoms with van der Waals surface area (Å²) in [6, 6.07) is 5.82. The number of nitrogens with two attached hydrogens (primary N) is 1. The first-order valence-corrected chi connectivity index (χ1v) is 5.73. The van der Waals surface area contributed by atoms with E-state index in [1.54, 1.807) is 0 Å². The van der Waals surface area contributed by atoms with Gasteiger partial charge in [-0.1, -0.05) is 6.07 Å². The molecule has 0 aliphatic rings. The van der Waals surface area contributed by atoms with Gasteiger partial charge in [0.15, 0.2) is 0 Å². The second-order valence-electron chi connectivity index (χ2n) is 3.40. The van der Waals surface area contributed by atoms with Crippen LogP contribution in [0.25, 0.3) is 0 Å². The number of hydrogen-bond acceptors (Lipinski definition) is 3. The van der Waals surface area contributed by atoms with Crippen molar-refractivity contribution in [1.82, 2.24) is 0 Å². The third-order valence-corrected chi connectivity index (χ3v) is 2.66. The first-order chi connectivity index (χ1) is 7.15. The molecule has 4 heteroatoms. The second kappa shape index (κ2) is 6.10. The van der Waals surface area contributed by atoms with Crippen LogP contribution in [0.15, 0.2) is 22.7 Å². The summed E-state index contributed by atoms with van der Waals surface area (Å²) in [5.41, 5.74) is 6.83. The molecule has 3 nitrogen and oxygen atoms in total. The molecule has 0 aromatic heterocycles. The predicted molar refractivity (Wildman–Crippen MR) is 63.9 cm³/mol. The molecule has 84 valence electrons. The van der Waals surface area contributed by atoms with E-state index in [1.165, 1.54) is 0 Å². The average molecular weight is 274 g/mol. The maximum absolute atomic E-state index is 8.62. The van der Waals surface area contributed by atoms with E-state index in [0.717, 1.165) is 15.8 Å². The molecule has 1 aromatic carbocycles. The fourth-order valence-corrected chi connectivity index (χ4v) is 1.68. The summed E-state index contributed by atoms with van der Waals surface area (Å²) in [6.07, 6.45) is 0.640. The van der Waals surface area contributed by atoms with Crippen LogP contribution in [0.1, 0.15) is 24.9 Å². The van der Waals surface area contributed by atoms with E-state index in [0.29, 0.717) is 13.0 Å². The quantitative estimate of drug-likeness (QED) is 0.809. The molecule has 0 spiro atoms. The van der Waals surface area contributed by atoms with Crippen LogP contribution in [0.3, 0.4) is 0 Å². The molecule has 0 bridgehead atoms. The molecule has 0 amide bonds. The van der Waals surface area contributed by atoms with Crippen molar-refractivity contribution in [2.75, 3.05) is 13.2 Å². The zero-order valence-corrected chi connectivity index (χ0v) is 10.3. The number of hydrogen-bond donors (Lipinski definition) is 2. The number of ether oxygens (including phenoxy) is 1. The maximum atomic E-state index is 8.62. The van der Waals surface area contributed by atoms with Crippen LogP contribution in [-0.2, 0) is 0 Å². The molecule has 15 heavy (non-hydrogen) atoms. The van der Waals surface area contributed by atoms with Crippen LogP contribution in [0.4, 0.5) is 0 Å². The van der Waals surface area contributed by atoms with Crippen LogP contribution < -0.4 is 10.5 Å². The van der Waals surface area contributed by atoms with Crippen molar-refractivity contribution < 1.29 is 9.84 Å². The molecule has 0 aliphatic carbocycles. The molecule has 1 unspecified atom stereocenters. The van der Waals surface area contributed by atoms with Crippen LogP contribution in [0, 0.1) is 0 Å². The lowest BCUT2D eigenvalue weighted by Gasteiger charge is -2.10. The molecule has 1 rings (SSSR count). The van der Waals surface area contributed by atoms with Gasteiger partial charge in [0.05, 0.1) is 11.1 Å². The predicted octanol–water partition coefficient (Wildman–Crippen LogP) is 2.23. The minimum atomic E-state index is 0.0211. The van der Waals surface area contributed by atoms with E-state index < -0.39 is 0 Å². The van der Waals surface area contributed by atoms with Crippen molar-refractivity contribution in [1.29, 1.82) is 0 Å². The van der Waals surface area contributed by atoms with Crippen molar-refractivity contribution in [2.24, 2.45) is 5.73 Å². The topological polar surface area (TPSA) is 55.5 Å². The molecule has 0 radical (unpaired) electrons. The van der Waals surface area contributed by atoms with Gasteiger partial charge in [-0.05, 0) is 40.5 Å². The van der Waals surface area contributed by atoms with Crippen molar-refractivity contribution >= 4 is 15.9 Å². The molecule has 1 aromatic rings. The Kier molecular flexibility index (Phi) is 5.08. The van der Waals surface area contributed by atoms with E-state index >= 15 is 0 Å². The third-order valence-electron chi connectivity index (χ3n) is 2.04. The molecule has 0 aliphatic heterocycles. The highest BCUT2D eigenvalue weighted by molar-refractivity contribution is 9.10. The fourth-order valence-electron chi connectivity index (χ4n) is 1.16. The SMILES string of the molecule is CC(N)c1ccc(OCCCO)c(Br)c1. The standard InChI is InChI=1S/C11H16BrNO2/c1-8(13)9-3-4-11(10(12)7-9)15-6-2-5-14/h3-4,7-8,14H,2,5-6,13H2,1H3. The number of aliphatic hydroxyl groups excluding tert-OH is 1. The summed E-state index contributed by atoms with van der Waals surface area (Å²) in [4.78, 5) is 0. The van der Waals surface area contributed by atoms with Gasteiger partial charge in [0.25, 0.3) is 0 Å². The zero-order valence-electron chi connectivity index (χ0n) is 8.74. The van der Waals surface area contributed by atoms with E-state index in [-0.39, 0.29) is 12.6 Å². The van der Waals surface area contributed by atoms with Crippen LogP contribution in [0.5, 0.6) is 5.75 Å². The molecular weight excluding hydrogens is 258 g/mol. The summed E-state index contributed by atoms with van der Waals surface area (Å²) in [5.74, 6) is 0.785. The summed E-state index contributed by atoms with van der Waals surface area (Å²) < 4.78 is 6.36. The lowest BCUT2D eigenvalue weighted by atomic mass is 10.1. The molecular formula is C11H16BrNO2. The Morgan fingerprint density at radius 1 is 1.53 bits per heavy atom. The molecule has 3 N–H and O–H groups in total.